The molecular formula is C15H19NO5. The molecule has 1 heterocycles. The number of carbonyl (C=O) groups excluding carboxylic acids is 1. The first-order valence-corrected chi connectivity index (χ1v) is 6.90. The van der Waals surface area contributed by atoms with Crippen molar-refractivity contribution >= 4 is 12.1 Å². The van der Waals surface area contributed by atoms with Crippen LogP contribution in [0.3, 0.4) is 0 Å². The Bertz CT molecular complexity index is 476. The second kappa shape index (κ2) is 7.64. The molecule has 1 atom stereocenters. The van der Waals surface area contributed by atoms with Gasteiger partial charge >= 0.3 is 12.1 Å². The standard InChI is InChI=1S/C15H19NO5/c17-14(18)11-20-9-13-6-7-16(8-13)15(19)21-10-12-4-2-1-3-5-12/h1-5,13H,6-11H2,(H,17,18). The van der Waals surface area contributed by atoms with Crippen LogP contribution < -0.4 is 0 Å². The van der Waals surface area contributed by atoms with Gasteiger partial charge in [-0.1, -0.05) is 30.3 Å². The third kappa shape index (κ3) is 5.07. The molecule has 1 fully saturated rings. The minimum absolute atomic E-state index is 0.175. The summed E-state index contributed by atoms with van der Waals surface area (Å²) in [6.45, 7) is 1.49. The van der Waals surface area contributed by atoms with E-state index in [0.717, 1.165) is 12.0 Å². The zero-order valence-electron chi connectivity index (χ0n) is 11.7. The molecule has 0 spiro atoms. The maximum absolute atomic E-state index is 11.9. The number of carboxylic acid groups (broad SMARTS) is 1. The van der Waals surface area contributed by atoms with Crippen LogP contribution in [0.15, 0.2) is 30.3 Å². The van der Waals surface area contributed by atoms with E-state index < -0.39 is 5.97 Å². The number of ether oxygens (including phenoxy) is 2. The highest BCUT2D eigenvalue weighted by atomic mass is 16.6. The minimum atomic E-state index is -0.980. The summed E-state index contributed by atoms with van der Waals surface area (Å²) in [7, 11) is 0. The van der Waals surface area contributed by atoms with E-state index >= 15 is 0 Å². The van der Waals surface area contributed by atoms with Crippen LogP contribution in [0.4, 0.5) is 4.79 Å². The maximum atomic E-state index is 11.9. The average molecular weight is 293 g/mol. The number of aliphatic carboxylic acids is 1. The number of hydrogen-bond donors (Lipinski definition) is 1. The quantitative estimate of drug-likeness (QED) is 0.864. The third-order valence-electron chi connectivity index (χ3n) is 3.33. The van der Waals surface area contributed by atoms with Crippen molar-refractivity contribution in [3.05, 3.63) is 35.9 Å². The Labute approximate surface area is 123 Å². The van der Waals surface area contributed by atoms with E-state index in [9.17, 15) is 9.59 Å². The summed E-state index contributed by atoms with van der Waals surface area (Å²) in [5.41, 5.74) is 0.950. The Morgan fingerprint density at radius 1 is 1.29 bits per heavy atom. The molecule has 1 N–H and O–H groups in total. The van der Waals surface area contributed by atoms with Crippen molar-refractivity contribution in [3.8, 4) is 0 Å². The van der Waals surface area contributed by atoms with Crippen LogP contribution in [0.5, 0.6) is 0 Å². The van der Waals surface area contributed by atoms with Gasteiger partial charge < -0.3 is 19.5 Å². The van der Waals surface area contributed by atoms with Crippen LogP contribution >= 0.6 is 0 Å². The molecule has 1 saturated heterocycles. The van der Waals surface area contributed by atoms with Gasteiger partial charge in [-0.05, 0) is 12.0 Å². The molecule has 1 amide bonds. The molecule has 21 heavy (non-hydrogen) atoms. The van der Waals surface area contributed by atoms with Crippen molar-refractivity contribution in [2.45, 2.75) is 13.0 Å². The van der Waals surface area contributed by atoms with Gasteiger partial charge in [0.25, 0.3) is 0 Å². The molecule has 1 aliphatic rings. The minimum Gasteiger partial charge on any atom is -0.480 e. The summed E-state index contributed by atoms with van der Waals surface area (Å²) in [5, 5.41) is 8.50. The van der Waals surface area contributed by atoms with Crippen molar-refractivity contribution in [2.24, 2.45) is 5.92 Å². The van der Waals surface area contributed by atoms with Gasteiger partial charge in [0.1, 0.15) is 13.2 Å². The van der Waals surface area contributed by atoms with Crippen LogP contribution in [-0.4, -0.2) is 48.4 Å². The fourth-order valence-electron chi connectivity index (χ4n) is 2.26. The lowest BCUT2D eigenvalue weighted by atomic mass is 10.1. The number of nitrogens with zero attached hydrogens (tertiary/aromatic N) is 1. The SMILES string of the molecule is O=C(O)COCC1CCN(C(=O)OCc2ccccc2)C1. The lowest BCUT2D eigenvalue weighted by Crippen LogP contribution is -2.30. The first kappa shape index (κ1) is 15.3. The fraction of sp³-hybridized carbons (Fsp3) is 0.467. The Hall–Kier alpha value is -2.08. The van der Waals surface area contributed by atoms with Gasteiger partial charge in [0.2, 0.25) is 0 Å². The lowest BCUT2D eigenvalue weighted by molar-refractivity contribution is -0.142. The van der Waals surface area contributed by atoms with Gasteiger partial charge in [-0.25, -0.2) is 9.59 Å². The number of benzene rings is 1. The molecule has 0 radical (unpaired) electrons. The monoisotopic (exact) mass is 293 g/mol. The van der Waals surface area contributed by atoms with Crippen LogP contribution in [0.2, 0.25) is 0 Å². The Kier molecular flexibility index (Phi) is 5.57. The van der Waals surface area contributed by atoms with Gasteiger partial charge in [0.05, 0.1) is 6.61 Å². The molecule has 6 heteroatoms. The zero-order valence-corrected chi connectivity index (χ0v) is 11.7. The average Bonchev–Trinajstić information content (AvgIpc) is 2.94. The summed E-state index contributed by atoms with van der Waals surface area (Å²) < 4.78 is 10.3. The fourth-order valence-corrected chi connectivity index (χ4v) is 2.26. The van der Waals surface area contributed by atoms with E-state index in [-0.39, 0.29) is 25.2 Å². The summed E-state index contributed by atoms with van der Waals surface area (Å²) in [5.74, 6) is -0.805. The predicted octanol–water partition coefficient (Wildman–Crippen LogP) is 1.75. The highest BCUT2D eigenvalue weighted by Crippen LogP contribution is 2.17. The summed E-state index contributed by atoms with van der Waals surface area (Å²) >= 11 is 0. The van der Waals surface area contributed by atoms with Crippen LogP contribution in [0.25, 0.3) is 0 Å². The van der Waals surface area contributed by atoms with Gasteiger partial charge in [-0.15, -0.1) is 0 Å². The van der Waals surface area contributed by atoms with Crippen LogP contribution in [-0.2, 0) is 20.9 Å². The van der Waals surface area contributed by atoms with Crippen molar-refractivity contribution in [1.29, 1.82) is 0 Å². The molecule has 1 aromatic carbocycles. The van der Waals surface area contributed by atoms with Crippen LogP contribution in [0, 0.1) is 5.92 Å². The first-order chi connectivity index (χ1) is 10.1. The predicted molar refractivity (Wildman–Crippen MR) is 74.8 cm³/mol. The normalized spacial score (nSPS) is 17.7. The zero-order chi connectivity index (χ0) is 15.1. The number of rotatable bonds is 6. The Balaban J connectivity index is 1.68. The summed E-state index contributed by atoms with van der Waals surface area (Å²) in [6, 6.07) is 9.51. The Morgan fingerprint density at radius 3 is 2.76 bits per heavy atom. The van der Waals surface area contributed by atoms with Crippen molar-refractivity contribution in [1.82, 2.24) is 4.90 Å². The summed E-state index contributed by atoms with van der Waals surface area (Å²) in [6.07, 6.45) is 0.472. The highest BCUT2D eigenvalue weighted by Gasteiger charge is 2.27. The second-order valence-electron chi connectivity index (χ2n) is 5.05. The van der Waals surface area contributed by atoms with E-state index in [1.54, 1.807) is 4.90 Å². The van der Waals surface area contributed by atoms with Crippen LogP contribution in [0.1, 0.15) is 12.0 Å². The number of amides is 1. The maximum Gasteiger partial charge on any atom is 0.410 e. The largest absolute Gasteiger partial charge is 0.480 e. The molecule has 1 unspecified atom stereocenters. The van der Waals surface area contributed by atoms with Crippen molar-refractivity contribution in [3.63, 3.8) is 0 Å². The summed E-state index contributed by atoms with van der Waals surface area (Å²) in [4.78, 5) is 23.9. The second-order valence-corrected chi connectivity index (χ2v) is 5.05. The molecule has 0 saturated carbocycles. The van der Waals surface area contributed by atoms with Crippen molar-refractivity contribution in [2.75, 3.05) is 26.3 Å². The van der Waals surface area contributed by atoms with E-state index in [2.05, 4.69) is 0 Å². The highest BCUT2D eigenvalue weighted by molar-refractivity contribution is 5.68. The molecule has 1 aliphatic heterocycles. The molecule has 0 aliphatic carbocycles. The van der Waals surface area contributed by atoms with E-state index in [1.165, 1.54) is 0 Å². The smallest absolute Gasteiger partial charge is 0.410 e. The van der Waals surface area contributed by atoms with Gasteiger partial charge in [0, 0.05) is 19.0 Å². The van der Waals surface area contributed by atoms with Crippen molar-refractivity contribution < 1.29 is 24.2 Å². The number of hydrogen-bond acceptors (Lipinski definition) is 4. The lowest BCUT2D eigenvalue weighted by Gasteiger charge is -2.16. The molecular weight excluding hydrogens is 274 g/mol. The van der Waals surface area contributed by atoms with Gasteiger partial charge in [0.15, 0.2) is 0 Å². The molecule has 114 valence electrons. The van der Waals surface area contributed by atoms with Gasteiger partial charge in [-0.3, -0.25) is 0 Å². The molecule has 1 aromatic rings. The van der Waals surface area contributed by atoms with E-state index in [1.807, 2.05) is 30.3 Å². The molecule has 6 nitrogen and oxygen atoms in total. The number of carboxylic acids is 1. The molecule has 0 aromatic heterocycles. The molecule has 0 bridgehead atoms. The number of carbonyl (C=O) groups is 2. The third-order valence-corrected chi connectivity index (χ3v) is 3.33. The topological polar surface area (TPSA) is 76.1 Å². The van der Waals surface area contributed by atoms with E-state index in [4.69, 9.17) is 14.6 Å². The number of likely N-dealkylation sites (tertiary alicyclic amines) is 1. The van der Waals surface area contributed by atoms with E-state index in [0.29, 0.717) is 19.7 Å². The molecule has 2 rings (SSSR count). The Morgan fingerprint density at radius 2 is 2.05 bits per heavy atom. The van der Waals surface area contributed by atoms with Gasteiger partial charge in [-0.2, -0.15) is 0 Å². The first-order valence-electron chi connectivity index (χ1n) is 6.90.